The molecule has 1 fully saturated rings. The lowest BCUT2D eigenvalue weighted by molar-refractivity contribution is -0.120. The molecule has 1 atom stereocenters. The van der Waals surface area contributed by atoms with E-state index in [4.69, 9.17) is 0 Å². The van der Waals surface area contributed by atoms with Gasteiger partial charge in [0.15, 0.2) is 0 Å². The summed E-state index contributed by atoms with van der Waals surface area (Å²) in [5, 5.41) is 0. The van der Waals surface area contributed by atoms with Gasteiger partial charge in [0.1, 0.15) is 5.78 Å². The molecule has 0 radical (unpaired) electrons. The van der Waals surface area contributed by atoms with Gasteiger partial charge in [0.05, 0.1) is 24.3 Å². The summed E-state index contributed by atoms with van der Waals surface area (Å²) in [6, 6.07) is 8.56. The first-order valence-electron chi connectivity index (χ1n) is 8.46. The first kappa shape index (κ1) is 13.7. The van der Waals surface area contributed by atoms with Crippen molar-refractivity contribution < 1.29 is 4.79 Å². The molecule has 3 nitrogen and oxygen atoms in total. The van der Waals surface area contributed by atoms with E-state index in [9.17, 15) is 4.79 Å². The number of fused-ring (bicyclic) bond motifs is 3. The van der Waals surface area contributed by atoms with Gasteiger partial charge in [-0.1, -0.05) is 56.4 Å². The van der Waals surface area contributed by atoms with Gasteiger partial charge in [-0.3, -0.25) is 4.79 Å². The van der Waals surface area contributed by atoms with E-state index in [-0.39, 0.29) is 6.04 Å². The third kappa shape index (κ3) is 2.39. The van der Waals surface area contributed by atoms with E-state index in [2.05, 4.69) is 33.8 Å². The van der Waals surface area contributed by atoms with Gasteiger partial charge in [0, 0.05) is 18.4 Å². The number of nitrogens with zero attached hydrogens (tertiary/aromatic N) is 2. The standard InChI is InChI=1S/C19H22N2O/c22-15(10-14-6-2-1-3-7-14)11-18-16-8-4-5-9-17(16)19-12-20-13-21(18)19/h4-5,8-9,12-14,18H,1-3,6-7,10-11H2. The molecule has 1 saturated carbocycles. The molecule has 1 unspecified atom stereocenters. The second-order valence-electron chi connectivity index (χ2n) is 6.74. The van der Waals surface area contributed by atoms with Crippen LogP contribution in [0.15, 0.2) is 36.8 Å². The van der Waals surface area contributed by atoms with Crippen molar-refractivity contribution in [2.75, 3.05) is 0 Å². The van der Waals surface area contributed by atoms with Gasteiger partial charge in [-0.2, -0.15) is 0 Å². The highest BCUT2D eigenvalue weighted by molar-refractivity contribution is 5.81. The molecule has 2 heterocycles. The number of benzene rings is 1. The van der Waals surface area contributed by atoms with Crippen molar-refractivity contribution >= 4 is 5.78 Å². The maximum Gasteiger partial charge on any atom is 0.135 e. The second kappa shape index (κ2) is 5.71. The van der Waals surface area contributed by atoms with Crippen molar-refractivity contribution in [2.24, 2.45) is 5.92 Å². The van der Waals surface area contributed by atoms with Crippen molar-refractivity contribution in [2.45, 2.75) is 51.0 Å². The minimum Gasteiger partial charge on any atom is -0.323 e. The van der Waals surface area contributed by atoms with Crippen LogP contribution in [0.1, 0.15) is 56.6 Å². The lowest BCUT2D eigenvalue weighted by Gasteiger charge is -2.22. The van der Waals surface area contributed by atoms with Crippen LogP contribution >= 0.6 is 0 Å². The summed E-state index contributed by atoms with van der Waals surface area (Å²) in [7, 11) is 0. The number of hydrogen-bond donors (Lipinski definition) is 0. The van der Waals surface area contributed by atoms with Gasteiger partial charge in [-0.25, -0.2) is 4.98 Å². The van der Waals surface area contributed by atoms with Crippen LogP contribution in [-0.2, 0) is 4.79 Å². The maximum absolute atomic E-state index is 12.6. The fraction of sp³-hybridized carbons (Fsp3) is 0.474. The molecule has 1 aromatic carbocycles. The summed E-state index contributed by atoms with van der Waals surface area (Å²) in [4.78, 5) is 16.8. The molecule has 2 aromatic rings. The number of hydrogen-bond acceptors (Lipinski definition) is 2. The van der Waals surface area contributed by atoms with E-state index in [1.54, 1.807) is 0 Å². The second-order valence-corrected chi connectivity index (χ2v) is 6.74. The molecule has 1 aliphatic carbocycles. The van der Waals surface area contributed by atoms with Crippen molar-refractivity contribution in [3.63, 3.8) is 0 Å². The van der Waals surface area contributed by atoms with E-state index < -0.39 is 0 Å². The Hall–Kier alpha value is -1.90. The number of carbonyl (C=O) groups excluding carboxylic acids is 1. The van der Waals surface area contributed by atoms with Gasteiger partial charge < -0.3 is 4.57 Å². The summed E-state index contributed by atoms with van der Waals surface area (Å²) in [6.45, 7) is 0. The summed E-state index contributed by atoms with van der Waals surface area (Å²) < 4.78 is 2.17. The predicted octanol–water partition coefficient (Wildman–Crippen LogP) is 4.38. The highest BCUT2D eigenvalue weighted by atomic mass is 16.1. The molecule has 114 valence electrons. The smallest absolute Gasteiger partial charge is 0.135 e. The van der Waals surface area contributed by atoms with Crippen LogP contribution in [0.3, 0.4) is 0 Å². The van der Waals surface area contributed by atoms with E-state index >= 15 is 0 Å². The van der Waals surface area contributed by atoms with Crippen molar-refractivity contribution in [3.05, 3.63) is 42.4 Å². The van der Waals surface area contributed by atoms with E-state index in [0.717, 1.165) is 12.1 Å². The van der Waals surface area contributed by atoms with Crippen LogP contribution in [0.2, 0.25) is 0 Å². The molecule has 4 rings (SSSR count). The molecule has 0 spiro atoms. The number of ketones is 1. The van der Waals surface area contributed by atoms with Crippen LogP contribution in [-0.4, -0.2) is 15.3 Å². The molecule has 1 aromatic heterocycles. The fourth-order valence-electron chi connectivity index (χ4n) is 4.15. The van der Waals surface area contributed by atoms with Crippen molar-refractivity contribution in [1.82, 2.24) is 9.55 Å². The first-order valence-corrected chi connectivity index (χ1v) is 8.46. The zero-order valence-electron chi connectivity index (χ0n) is 12.9. The number of carbonyl (C=O) groups is 1. The van der Waals surface area contributed by atoms with Gasteiger partial charge in [0.25, 0.3) is 0 Å². The molecular weight excluding hydrogens is 272 g/mol. The maximum atomic E-state index is 12.6. The minimum atomic E-state index is 0.143. The number of aromatic nitrogens is 2. The lowest BCUT2D eigenvalue weighted by Crippen LogP contribution is -2.16. The van der Waals surface area contributed by atoms with Gasteiger partial charge in [-0.15, -0.1) is 0 Å². The average molecular weight is 294 g/mol. The predicted molar refractivity (Wildman–Crippen MR) is 86.6 cm³/mol. The first-order chi connectivity index (χ1) is 10.8. The zero-order chi connectivity index (χ0) is 14.9. The molecule has 0 saturated heterocycles. The number of imidazole rings is 1. The van der Waals surface area contributed by atoms with Crippen LogP contribution in [0, 0.1) is 5.92 Å². The quantitative estimate of drug-likeness (QED) is 0.838. The third-order valence-electron chi connectivity index (χ3n) is 5.26. The Morgan fingerprint density at radius 3 is 2.82 bits per heavy atom. The van der Waals surface area contributed by atoms with Crippen molar-refractivity contribution in [3.8, 4) is 11.3 Å². The average Bonchev–Trinajstić information content (AvgIpc) is 3.12. The van der Waals surface area contributed by atoms with Gasteiger partial charge >= 0.3 is 0 Å². The summed E-state index contributed by atoms with van der Waals surface area (Å²) in [5.74, 6) is 1.04. The molecular formula is C19H22N2O. The zero-order valence-corrected chi connectivity index (χ0v) is 12.9. The Bertz CT molecular complexity index is 682. The van der Waals surface area contributed by atoms with Crippen LogP contribution in [0.25, 0.3) is 11.3 Å². The number of rotatable bonds is 4. The highest BCUT2D eigenvalue weighted by Gasteiger charge is 2.30. The van der Waals surface area contributed by atoms with Gasteiger partial charge in [0.2, 0.25) is 0 Å². The molecule has 0 bridgehead atoms. The summed E-state index contributed by atoms with van der Waals surface area (Å²) >= 11 is 0. The SMILES string of the molecule is O=C(CC1CCCCC1)CC1c2ccccc2-c2cncn21. The molecule has 3 heteroatoms. The Kier molecular flexibility index (Phi) is 3.57. The molecule has 1 aliphatic heterocycles. The largest absolute Gasteiger partial charge is 0.323 e. The van der Waals surface area contributed by atoms with Gasteiger partial charge in [-0.05, 0) is 11.5 Å². The Morgan fingerprint density at radius 1 is 1.14 bits per heavy atom. The van der Waals surface area contributed by atoms with Crippen LogP contribution < -0.4 is 0 Å². The third-order valence-corrected chi connectivity index (χ3v) is 5.26. The number of Topliss-reactive ketones (excluding diaryl/α,β-unsaturated/α-hetero) is 1. The normalized spacial score (nSPS) is 20.6. The Balaban J connectivity index is 1.52. The van der Waals surface area contributed by atoms with Crippen LogP contribution in [0.5, 0.6) is 0 Å². The van der Waals surface area contributed by atoms with E-state index in [1.807, 2.05) is 12.5 Å². The van der Waals surface area contributed by atoms with Crippen LogP contribution in [0.4, 0.5) is 0 Å². The lowest BCUT2D eigenvalue weighted by atomic mass is 9.84. The summed E-state index contributed by atoms with van der Waals surface area (Å²) in [5.41, 5.74) is 3.65. The van der Waals surface area contributed by atoms with Crippen molar-refractivity contribution in [1.29, 1.82) is 0 Å². The fourth-order valence-corrected chi connectivity index (χ4v) is 4.15. The van der Waals surface area contributed by atoms with E-state index in [0.29, 0.717) is 18.1 Å². The molecule has 22 heavy (non-hydrogen) atoms. The molecule has 2 aliphatic rings. The summed E-state index contributed by atoms with van der Waals surface area (Å²) in [6.07, 6.45) is 11.6. The monoisotopic (exact) mass is 294 g/mol. The minimum absolute atomic E-state index is 0.143. The molecule has 0 amide bonds. The Labute approximate surface area is 131 Å². The van der Waals surface area contributed by atoms with E-state index in [1.165, 1.54) is 43.2 Å². The Morgan fingerprint density at radius 2 is 1.95 bits per heavy atom. The highest BCUT2D eigenvalue weighted by Crippen LogP contribution is 2.41. The molecule has 0 N–H and O–H groups in total. The topological polar surface area (TPSA) is 34.9 Å².